The Morgan fingerprint density at radius 1 is 0.382 bits per heavy atom. The largest absolute Gasteiger partial charge is 0.279 e. The van der Waals surface area contributed by atoms with Crippen molar-refractivity contribution in [2.45, 2.75) is 5.41 Å². The highest BCUT2D eigenvalue weighted by Crippen LogP contribution is 2.64. The van der Waals surface area contributed by atoms with E-state index in [0.717, 1.165) is 44.6 Å². The average Bonchev–Trinajstić information content (AvgIpc) is 3.97. The predicted molar refractivity (Wildman–Crippen MR) is 224 cm³/mol. The lowest BCUT2D eigenvalue weighted by Crippen LogP contribution is -2.25. The smallest absolute Gasteiger partial charge is 0.221 e. The number of aromatic nitrogens is 4. The molecule has 2 aliphatic rings. The Labute approximate surface area is 316 Å². The van der Waals surface area contributed by atoms with Gasteiger partial charge in [0.1, 0.15) is 5.65 Å². The van der Waals surface area contributed by atoms with Crippen molar-refractivity contribution in [1.29, 1.82) is 0 Å². The van der Waals surface area contributed by atoms with Gasteiger partial charge in [0, 0.05) is 16.2 Å². The molecule has 0 fully saturated rings. The maximum atomic E-state index is 5.38. The molecular weight excluding hydrogens is 669 g/mol. The second-order valence-corrected chi connectivity index (χ2v) is 14.9. The SMILES string of the molecule is c1ccc2c(c1)-c1ccccc1C21c2ccccc2-c2c(-c3ccc4c(c3)c3ccccc3n4-c3nc4ccccc4c4nc5ccccc5n34)cccc21. The van der Waals surface area contributed by atoms with Crippen LogP contribution in [0.4, 0.5) is 0 Å². The minimum atomic E-state index is -0.379. The van der Waals surface area contributed by atoms with Crippen molar-refractivity contribution in [3.05, 3.63) is 204 Å². The first-order valence-corrected chi connectivity index (χ1v) is 18.9. The van der Waals surface area contributed by atoms with E-state index in [-0.39, 0.29) is 5.41 Å². The van der Waals surface area contributed by atoms with Crippen molar-refractivity contribution < 1.29 is 0 Å². The minimum absolute atomic E-state index is 0.379. The molecule has 55 heavy (non-hydrogen) atoms. The van der Waals surface area contributed by atoms with Crippen LogP contribution in [0.25, 0.3) is 88.7 Å². The molecule has 0 unspecified atom stereocenters. The normalized spacial score (nSPS) is 13.6. The van der Waals surface area contributed by atoms with Gasteiger partial charge in [-0.3, -0.25) is 8.97 Å². The van der Waals surface area contributed by atoms with Gasteiger partial charge in [-0.15, -0.1) is 0 Å². The van der Waals surface area contributed by atoms with Crippen LogP contribution in [0.1, 0.15) is 22.3 Å². The predicted octanol–water partition coefficient (Wildman–Crippen LogP) is 12.1. The third kappa shape index (κ3) is 3.57. The van der Waals surface area contributed by atoms with E-state index in [0.29, 0.717) is 0 Å². The molecule has 1 spiro atoms. The van der Waals surface area contributed by atoms with Crippen molar-refractivity contribution in [3.63, 3.8) is 0 Å². The number of fused-ring (bicyclic) bond motifs is 18. The van der Waals surface area contributed by atoms with Gasteiger partial charge in [-0.1, -0.05) is 140 Å². The van der Waals surface area contributed by atoms with Crippen molar-refractivity contribution in [2.75, 3.05) is 0 Å². The molecule has 0 saturated carbocycles. The summed E-state index contributed by atoms with van der Waals surface area (Å²) in [5.74, 6) is 0.830. The lowest BCUT2D eigenvalue weighted by atomic mass is 9.70. The number of hydrogen-bond donors (Lipinski definition) is 0. The summed E-state index contributed by atoms with van der Waals surface area (Å²) in [6.07, 6.45) is 0. The fourth-order valence-electron chi connectivity index (χ4n) is 10.2. The standard InChI is InChI=1S/C51H30N4/c1-6-20-39-33(14-1)34-15-2-7-21-40(34)51(39)41-22-8-3-17-36(41)48-32(19-13-23-42(48)51)31-28-29-46-38(30-31)35-16-5-11-26-45(35)54(46)50-53-43-24-9-4-18-37(43)49-52-44-25-10-12-27-47(44)55(49)50/h1-30H. The molecule has 8 aromatic carbocycles. The molecule has 0 amide bonds. The lowest BCUT2D eigenvalue weighted by Gasteiger charge is -2.30. The van der Waals surface area contributed by atoms with E-state index in [4.69, 9.17) is 9.97 Å². The van der Waals surface area contributed by atoms with Crippen molar-refractivity contribution in [2.24, 2.45) is 0 Å². The van der Waals surface area contributed by atoms with E-state index < -0.39 is 0 Å². The van der Waals surface area contributed by atoms with Crippen LogP contribution >= 0.6 is 0 Å². The van der Waals surface area contributed by atoms with Crippen LogP contribution in [0, 0.1) is 0 Å². The van der Waals surface area contributed by atoms with E-state index in [1.54, 1.807) is 0 Å². The van der Waals surface area contributed by atoms with Crippen molar-refractivity contribution in [1.82, 2.24) is 18.9 Å². The van der Waals surface area contributed by atoms with Gasteiger partial charge in [-0.2, -0.15) is 0 Å². The van der Waals surface area contributed by atoms with E-state index in [1.807, 2.05) is 0 Å². The monoisotopic (exact) mass is 698 g/mol. The first kappa shape index (κ1) is 29.2. The fraction of sp³-hybridized carbons (Fsp3) is 0.0196. The number of hydrogen-bond acceptors (Lipinski definition) is 2. The summed E-state index contributed by atoms with van der Waals surface area (Å²) in [6, 6.07) is 66.5. The molecule has 11 aromatic rings. The topological polar surface area (TPSA) is 35.1 Å². The maximum Gasteiger partial charge on any atom is 0.221 e. The van der Waals surface area contributed by atoms with Crippen LogP contribution in [-0.4, -0.2) is 18.9 Å². The van der Waals surface area contributed by atoms with Crippen LogP contribution in [0.2, 0.25) is 0 Å². The third-order valence-electron chi connectivity index (χ3n) is 12.3. The summed E-state index contributed by atoms with van der Waals surface area (Å²) < 4.78 is 4.56. The Morgan fingerprint density at radius 3 is 1.73 bits per heavy atom. The van der Waals surface area contributed by atoms with E-state index >= 15 is 0 Å². The second-order valence-electron chi connectivity index (χ2n) is 14.9. The van der Waals surface area contributed by atoms with Crippen molar-refractivity contribution in [3.8, 4) is 39.3 Å². The molecule has 0 aliphatic heterocycles. The second kappa shape index (κ2) is 10.4. The zero-order valence-corrected chi connectivity index (χ0v) is 29.6. The molecular formula is C51H30N4. The quantitative estimate of drug-likeness (QED) is 0.180. The number of para-hydroxylation sites is 4. The van der Waals surface area contributed by atoms with Gasteiger partial charge in [0.15, 0.2) is 0 Å². The summed E-state index contributed by atoms with van der Waals surface area (Å²) in [7, 11) is 0. The number of nitrogens with zero attached hydrogens (tertiary/aromatic N) is 4. The first-order chi connectivity index (χ1) is 27.3. The first-order valence-electron chi connectivity index (χ1n) is 18.9. The molecule has 0 saturated heterocycles. The van der Waals surface area contributed by atoms with Crippen LogP contribution in [0.5, 0.6) is 0 Å². The van der Waals surface area contributed by atoms with Crippen LogP contribution < -0.4 is 0 Å². The summed E-state index contributed by atoms with van der Waals surface area (Å²) in [6.45, 7) is 0. The van der Waals surface area contributed by atoms with Gasteiger partial charge in [-0.05, 0) is 98.1 Å². The van der Waals surface area contributed by atoms with E-state index in [1.165, 1.54) is 66.4 Å². The molecule has 2 aliphatic carbocycles. The minimum Gasteiger partial charge on any atom is -0.279 e. The molecule has 4 nitrogen and oxygen atoms in total. The average molecular weight is 699 g/mol. The molecule has 4 heteroatoms. The summed E-state index contributed by atoms with van der Waals surface area (Å²) in [5.41, 5.74) is 18.8. The summed E-state index contributed by atoms with van der Waals surface area (Å²) in [4.78, 5) is 10.5. The molecule has 3 aromatic heterocycles. The van der Waals surface area contributed by atoms with Gasteiger partial charge in [0.25, 0.3) is 0 Å². The van der Waals surface area contributed by atoms with Crippen LogP contribution in [0.15, 0.2) is 182 Å². The van der Waals surface area contributed by atoms with Gasteiger partial charge in [-0.25, -0.2) is 9.97 Å². The molecule has 0 atom stereocenters. The van der Waals surface area contributed by atoms with Gasteiger partial charge >= 0.3 is 0 Å². The zero-order chi connectivity index (χ0) is 35.8. The highest BCUT2D eigenvalue weighted by molar-refractivity contribution is 6.11. The third-order valence-corrected chi connectivity index (χ3v) is 12.3. The molecule has 254 valence electrons. The number of rotatable bonds is 2. The molecule has 0 bridgehead atoms. The molecule has 0 radical (unpaired) electrons. The lowest BCUT2D eigenvalue weighted by molar-refractivity contribution is 0.794. The Morgan fingerprint density at radius 2 is 0.945 bits per heavy atom. The summed E-state index contributed by atoms with van der Waals surface area (Å²) >= 11 is 0. The van der Waals surface area contributed by atoms with Crippen molar-refractivity contribution >= 4 is 49.4 Å². The van der Waals surface area contributed by atoms with Crippen LogP contribution in [-0.2, 0) is 5.41 Å². The zero-order valence-electron chi connectivity index (χ0n) is 29.6. The Hall–Kier alpha value is -7.30. The highest BCUT2D eigenvalue weighted by atomic mass is 15.2. The van der Waals surface area contributed by atoms with E-state index in [9.17, 15) is 0 Å². The van der Waals surface area contributed by atoms with Gasteiger partial charge in [0.05, 0.1) is 33.0 Å². The number of imidazole rings is 1. The van der Waals surface area contributed by atoms with Crippen LogP contribution in [0.3, 0.4) is 0 Å². The molecule has 3 heterocycles. The van der Waals surface area contributed by atoms with E-state index in [2.05, 4.69) is 191 Å². The Kier molecular flexibility index (Phi) is 5.54. The Bertz CT molecular complexity index is 3410. The summed E-state index contributed by atoms with van der Waals surface area (Å²) in [5, 5.41) is 3.42. The fourth-order valence-corrected chi connectivity index (χ4v) is 10.2. The Balaban J connectivity index is 1.10. The molecule has 13 rings (SSSR count). The number of benzene rings is 8. The molecule has 0 N–H and O–H groups in total. The van der Waals surface area contributed by atoms with Gasteiger partial charge in [0.2, 0.25) is 5.95 Å². The van der Waals surface area contributed by atoms with Gasteiger partial charge < -0.3 is 0 Å². The highest BCUT2D eigenvalue weighted by Gasteiger charge is 2.51. The maximum absolute atomic E-state index is 5.38.